The highest BCUT2D eigenvalue weighted by atomic mass is 16.6. The molecule has 0 aromatic carbocycles. The number of hydrogen-bond acceptors (Lipinski definition) is 7. The zero-order valence-electron chi connectivity index (χ0n) is 20.7. The van der Waals surface area contributed by atoms with E-state index in [-0.39, 0.29) is 41.1 Å². The maximum absolute atomic E-state index is 12.8. The summed E-state index contributed by atoms with van der Waals surface area (Å²) in [6, 6.07) is 1.51. The summed E-state index contributed by atoms with van der Waals surface area (Å²) in [4.78, 5) is 42.1. The molecule has 1 aliphatic heterocycles. The second-order valence-electron chi connectivity index (χ2n) is 10.6. The number of oxime groups is 1. The van der Waals surface area contributed by atoms with Gasteiger partial charge in [-0.25, -0.2) is 9.31 Å². The molecule has 2 fully saturated rings. The van der Waals surface area contributed by atoms with Crippen molar-refractivity contribution < 1.29 is 19.5 Å². The number of likely N-dealkylation sites (tertiary alicyclic amines) is 1. The number of hydrogen-bond donors (Lipinski definition) is 3. The van der Waals surface area contributed by atoms with E-state index in [2.05, 4.69) is 20.6 Å². The standard InChI is InChI=1S/C24H34N6O5/c1-14-6-5-7-16(14)22(32)27-20(28-34)17-13-25-30-18(12-19(31)26-21(17)30)15-8-10-29(11-9-15)23(33)35-24(2,3)4/h12-16,34H,5-11H2,1-4H3,(H,26,31)(H,27,28,32)/t14-,16+/m0/s1. The molecule has 0 unspecified atom stereocenters. The Morgan fingerprint density at radius 3 is 2.54 bits per heavy atom. The van der Waals surface area contributed by atoms with Crippen molar-refractivity contribution in [3.8, 4) is 0 Å². The zero-order chi connectivity index (χ0) is 25.3. The Morgan fingerprint density at radius 1 is 1.23 bits per heavy atom. The molecular formula is C24H34N6O5. The molecule has 2 aliphatic rings. The Hall–Kier alpha value is -3.37. The summed E-state index contributed by atoms with van der Waals surface area (Å²) in [5.41, 5.74) is 0.491. The van der Waals surface area contributed by atoms with Crippen LogP contribution in [0.5, 0.6) is 0 Å². The minimum absolute atomic E-state index is 0.00492. The number of ether oxygens (including phenoxy) is 1. The van der Waals surface area contributed by atoms with Gasteiger partial charge in [-0.3, -0.25) is 9.59 Å². The number of amides is 2. The lowest BCUT2D eigenvalue weighted by molar-refractivity contribution is -0.124. The molecule has 1 saturated heterocycles. The largest absolute Gasteiger partial charge is 0.444 e. The van der Waals surface area contributed by atoms with Crippen LogP contribution in [0.15, 0.2) is 22.2 Å². The summed E-state index contributed by atoms with van der Waals surface area (Å²) in [6.45, 7) is 8.55. The SMILES string of the molecule is C[C@H]1CCC[C@H]1C(=O)NC(=NO)c1cnn2c(C3CCN(C(=O)OC(C)(C)C)CC3)cc(=O)[nH]c12. The Bertz CT molecular complexity index is 1190. The molecule has 2 aromatic rings. The fraction of sp³-hybridized carbons (Fsp3) is 0.625. The van der Waals surface area contributed by atoms with Gasteiger partial charge in [0.15, 0.2) is 5.84 Å². The van der Waals surface area contributed by atoms with E-state index in [1.54, 1.807) is 9.42 Å². The van der Waals surface area contributed by atoms with E-state index >= 15 is 0 Å². The van der Waals surface area contributed by atoms with Crippen molar-refractivity contribution in [2.75, 3.05) is 13.1 Å². The molecule has 0 spiro atoms. The number of fused-ring (bicyclic) bond motifs is 1. The highest BCUT2D eigenvalue weighted by Gasteiger charge is 2.32. The van der Waals surface area contributed by atoms with Crippen molar-refractivity contribution in [3.63, 3.8) is 0 Å². The molecule has 0 radical (unpaired) electrons. The van der Waals surface area contributed by atoms with Gasteiger partial charge in [0, 0.05) is 31.0 Å². The molecule has 0 bridgehead atoms. The van der Waals surface area contributed by atoms with Crippen molar-refractivity contribution in [3.05, 3.63) is 33.9 Å². The van der Waals surface area contributed by atoms with Crippen molar-refractivity contribution in [2.45, 2.75) is 71.3 Å². The van der Waals surface area contributed by atoms with Crippen molar-refractivity contribution in [1.82, 2.24) is 24.8 Å². The molecule has 190 valence electrons. The molecule has 3 heterocycles. The molecule has 1 aliphatic carbocycles. The lowest BCUT2D eigenvalue weighted by Gasteiger charge is -2.33. The fourth-order valence-corrected chi connectivity index (χ4v) is 5.05. The highest BCUT2D eigenvalue weighted by molar-refractivity contribution is 6.11. The highest BCUT2D eigenvalue weighted by Crippen LogP contribution is 2.31. The topological polar surface area (TPSA) is 141 Å². The van der Waals surface area contributed by atoms with E-state index in [1.807, 2.05) is 27.7 Å². The number of piperidine rings is 1. The number of aromatic nitrogens is 3. The third kappa shape index (κ3) is 5.33. The van der Waals surface area contributed by atoms with Crippen LogP contribution in [0.2, 0.25) is 0 Å². The van der Waals surface area contributed by atoms with Gasteiger partial charge in [0.05, 0.1) is 17.5 Å². The number of carbonyl (C=O) groups is 2. The molecule has 3 N–H and O–H groups in total. The van der Waals surface area contributed by atoms with E-state index in [0.29, 0.717) is 42.8 Å². The summed E-state index contributed by atoms with van der Waals surface area (Å²) in [5.74, 6) is -0.128. The van der Waals surface area contributed by atoms with E-state index in [0.717, 1.165) is 19.3 Å². The van der Waals surface area contributed by atoms with Crippen LogP contribution >= 0.6 is 0 Å². The molecule has 11 heteroatoms. The molecule has 2 atom stereocenters. The summed E-state index contributed by atoms with van der Waals surface area (Å²) < 4.78 is 7.08. The predicted octanol–water partition coefficient (Wildman–Crippen LogP) is 2.83. The smallest absolute Gasteiger partial charge is 0.410 e. The van der Waals surface area contributed by atoms with Gasteiger partial charge in [0.25, 0.3) is 5.56 Å². The third-order valence-electron chi connectivity index (χ3n) is 6.89. The second kappa shape index (κ2) is 9.71. The van der Waals surface area contributed by atoms with Gasteiger partial charge in [0.2, 0.25) is 5.91 Å². The predicted molar refractivity (Wildman–Crippen MR) is 129 cm³/mol. The molecular weight excluding hydrogens is 452 g/mol. The molecule has 2 amide bonds. The van der Waals surface area contributed by atoms with Crippen LogP contribution in [0.3, 0.4) is 0 Å². The van der Waals surface area contributed by atoms with E-state index < -0.39 is 5.60 Å². The summed E-state index contributed by atoms with van der Waals surface area (Å²) in [7, 11) is 0. The monoisotopic (exact) mass is 486 g/mol. The zero-order valence-corrected chi connectivity index (χ0v) is 20.7. The van der Waals surface area contributed by atoms with Crippen LogP contribution in [0.25, 0.3) is 5.65 Å². The van der Waals surface area contributed by atoms with E-state index in [1.165, 1.54) is 12.3 Å². The fourth-order valence-electron chi connectivity index (χ4n) is 5.05. The van der Waals surface area contributed by atoms with Gasteiger partial charge < -0.3 is 25.1 Å². The van der Waals surface area contributed by atoms with Gasteiger partial charge in [-0.15, -0.1) is 0 Å². The first kappa shape index (κ1) is 24.7. The minimum Gasteiger partial charge on any atom is -0.444 e. The Morgan fingerprint density at radius 2 is 1.94 bits per heavy atom. The quantitative estimate of drug-likeness (QED) is 0.264. The first-order valence-electron chi connectivity index (χ1n) is 12.2. The minimum atomic E-state index is -0.560. The lowest BCUT2D eigenvalue weighted by Crippen LogP contribution is -2.41. The number of nitrogens with one attached hydrogen (secondary N) is 2. The van der Waals surface area contributed by atoms with Gasteiger partial charge in [0.1, 0.15) is 11.2 Å². The van der Waals surface area contributed by atoms with Crippen molar-refractivity contribution in [2.24, 2.45) is 17.0 Å². The summed E-state index contributed by atoms with van der Waals surface area (Å²) in [5, 5.41) is 20.1. The van der Waals surface area contributed by atoms with Gasteiger partial charge in [-0.2, -0.15) is 5.10 Å². The van der Waals surface area contributed by atoms with Crippen molar-refractivity contribution >= 4 is 23.5 Å². The van der Waals surface area contributed by atoms with Crippen LogP contribution in [0, 0.1) is 11.8 Å². The summed E-state index contributed by atoms with van der Waals surface area (Å²) >= 11 is 0. The number of rotatable bonds is 3. The number of H-pyrrole nitrogens is 1. The normalized spacial score (nSPS) is 21.9. The van der Waals surface area contributed by atoms with Crippen LogP contribution in [-0.4, -0.2) is 61.2 Å². The van der Waals surface area contributed by atoms with Gasteiger partial charge >= 0.3 is 6.09 Å². The molecule has 2 aromatic heterocycles. The number of amidine groups is 1. The average molecular weight is 487 g/mol. The number of nitrogens with zero attached hydrogens (tertiary/aromatic N) is 4. The Kier molecular flexibility index (Phi) is 6.86. The van der Waals surface area contributed by atoms with Crippen LogP contribution in [-0.2, 0) is 9.53 Å². The molecule has 11 nitrogen and oxygen atoms in total. The Balaban J connectivity index is 1.54. The second-order valence-corrected chi connectivity index (χ2v) is 10.6. The van der Waals surface area contributed by atoms with E-state index in [4.69, 9.17) is 4.74 Å². The van der Waals surface area contributed by atoms with Gasteiger partial charge in [-0.05, 0) is 52.4 Å². The third-order valence-corrected chi connectivity index (χ3v) is 6.89. The number of carbonyl (C=O) groups excluding carboxylic acids is 2. The van der Waals surface area contributed by atoms with Gasteiger partial charge in [-0.1, -0.05) is 18.5 Å². The molecule has 35 heavy (non-hydrogen) atoms. The van der Waals surface area contributed by atoms with E-state index in [9.17, 15) is 19.6 Å². The Labute approximate surface area is 203 Å². The first-order valence-corrected chi connectivity index (χ1v) is 12.2. The first-order chi connectivity index (χ1) is 16.6. The van der Waals surface area contributed by atoms with Crippen LogP contribution in [0.1, 0.15) is 77.0 Å². The average Bonchev–Trinajstić information content (AvgIpc) is 3.42. The van der Waals surface area contributed by atoms with Crippen LogP contribution in [0.4, 0.5) is 4.79 Å². The van der Waals surface area contributed by atoms with Crippen molar-refractivity contribution in [1.29, 1.82) is 0 Å². The number of aromatic amines is 1. The lowest BCUT2D eigenvalue weighted by atomic mass is 9.93. The maximum atomic E-state index is 12.8. The molecule has 4 rings (SSSR count). The summed E-state index contributed by atoms with van der Waals surface area (Å²) in [6.07, 6.45) is 5.19. The molecule has 1 saturated carbocycles. The maximum Gasteiger partial charge on any atom is 0.410 e. The van der Waals surface area contributed by atoms with Crippen LogP contribution < -0.4 is 10.9 Å².